The SMILES string of the molecule is CN1CCN=C(/C=C/c2ccccc2SCc2ccccc2)c2ccc(F)cc21. The Morgan fingerprint density at radius 3 is 2.66 bits per heavy atom. The van der Waals surface area contributed by atoms with E-state index in [1.54, 1.807) is 6.07 Å². The number of anilines is 1. The second-order valence-electron chi connectivity index (χ2n) is 7.00. The van der Waals surface area contributed by atoms with E-state index in [-0.39, 0.29) is 5.82 Å². The van der Waals surface area contributed by atoms with Gasteiger partial charge in [0.15, 0.2) is 0 Å². The molecule has 0 saturated heterocycles. The van der Waals surface area contributed by atoms with Crippen LogP contribution < -0.4 is 4.90 Å². The summed E-state index contributed by atoms with van der Waals surface area (Å²) in [5.41, 5.74) is 5.22. The van der Waals surface area contributed by atoms with Crippen LogP contribution in [0.1, 0.15) is 16.7 Å². The molecule has 0 bridgehead atoms. The Labute approximate surface area is 175 Å². The molecule has 0 amide bonds. The summed E-state index contributed by atoms with van der Waals surface area (Å²) < 4.78 is 13.8. The minimum absolute atomic E-state index is 0.219. The standard InChI is InChI=1S/C25H23FN2S/c1-28-16-15-27-23(22-13-12-21(26)17-24(22)28)14-11-20-9-5-6-10-25(20)29-18-19-7-3-2-4-8-19/h2-14,17H,15-16,18H2,1H3/b14-11+. The van der Waals surface area contributed by atoms with Crippen molar-refractivity contribution < 1.29 is 4.39 Å². The second kappa shape index (κ2) is 9.10. The van der Waals surface area contributed by atoms with Gasteiger partial charge in [0.2, 0.25) is 0 Å². The maximum Gasteiger partial charge on any atom is 0.125 e. The summed E-state index contributed by atoms with van der Waals surface area (Å²) in [6.45, 7) is 1.47. The molecule has 29 heavy (non-hydrogen) atoms. The van der Waals surface area contributed by atoms with E-state index in [2.05, 4.69) is 65.6 Å². The predicted molar refractivity (Wildman–Crippen MR) is 123 cm³/mol. The molecule has 0 saturated carbocycles. The van der Waals surface area contributed by atoms with E-state index < -0.39 is 0 Å². The summed E-state index contributed by atoms with van der Waals surface area (Å²) in [7, 11) is 1.98. The van der Waals surface area contributed by atoms with Gasteiger partial charge >= 0.3 is 0 Å². The molecule has 146 valence electrons. The van der Waals surface area contributed by atoms with E-state index in [0.717, 1.165) is 34.8 Å². The van der Waals surface area contributed by atoms with Crippen molar-refractivity contribution in [2.45, 2.75) is 10.6 Å². The first-order valence-electron chi connectivity index (χ1n) is 9.70. The van der Waals surface area contributed by atoms with E-state index in [1.165, 1.54) is 16.5 Å². The van der Waals surface area contributed by atoms with Gasteiger partial charge in [0.25, 0.3) is 0 Å². The number of hydrogen-bond donors (Lipinski definition) is 0. The molecule has 1 aliphatic rings. The van der Waals surface area contributed by atoms with Crippen LogP contribution in [0.3, 0.4) is 0 Å². The zero-order chi connectivity index (χ0) is 20.1. The van der Waals surface area contributed by atoms with Crippen LogP contribution in [0.25, 0.3) is 6.08 Å². The average molecular weight is 403 g/mol. The topological polar surface area (TPSA) is 15.6 Å². The molecule has 0 atom stereocenters. The number of allylic oxidation sites excluding steroid dienone is 1. The fraction of sp³-hybridized carbons (Fsp3) is 0.160. The van der Waals surface area contributed by atoms with Crippen LogP contribution in [0.5, 0.6) is 0 Å². The molecule has 0 aliphatic carbocycles. The zero-order valence-corrected chi connectivity index (χ0v) is 17.2. The number of thioether (sulfide) groups is 1. The molecule has 0 aromatic heterocycles. The third kappa shape index (κ3) is 4.77. The van der Waals surface area contributed by atoms with Crippen LogP contribution >= 0.6 is 11.8 Å². The third-order valence-electron chi connectivity index (χ3n) is 4.94. The van der Waals surface area contributed by atoms with E-state index in [0.29, 0.717) is 6.54 Å². The number of fused-ring (bicyclic) bond motifs is 1. The van der Waals surface area contributed by atoms with Gasteiger partial charge in [0.05, 0.1) is 12.3 Å². The molecule has 1 aliphatic heterocycles. The van der Waals surface area contributed by atoms with Crippen molar-refractivity contribution in [1.82, 2.24) is 0 Å². The van der Waals surface area contributed by atoms with Crippen LogP contribution in [-0.4, -0.2) is 25.8 Å². The molecule has 3 aromatic rings. The van der Waals surface area contributed by atoms with Gasteiger partial charge in [-0.05, 0) is 41.5 Å². The lowest BCUT2D eigenvalue weighted by atomic mass is 10.1. The average Bonchev–Trinajstić information content (AvgIpc) is 2.90. The fourth-order valence-corrected chi connectivity index (χ4v) is 4.35. The summed E-state index contributed by atoms with van der Waals surface area (Å²) >= 11 is 1.83. The molecular weight excluding hydrogens is 379 g/mol. The summed E-state index contributed by atoms with van der Waals surface area (Å²) in [5.74, 6) is 0.711. The first-order valence-corrected chi connectivity index (χ1v) is 10.7. The quantitative estimate of drug-likeness (QED) is 0.481. The number of rotatable bonds is 5. The van der Waals surface area contributed by atoms with Crippen molar-refractivity contribution in [3.8, 4) is 0 Å². The van der Waals surface area contributed by atoms with Crippen molar-refractivity contribution in [2.75, 3.05) is 25.0 Å². The van der Waals surface area contributed by atoms with Gasteiger partial charge < -0.3 is 4.90 Å². The molecule has 0 spiro atoms. The molecular formula is C25H23FN2S. The molecule has 0 fully saturated rings. The summed E-state index contributed by atoms with van der Waals surface area (Å²) in [4.78, 5) is 8.04. The van der Waals surface area contributed by atoms with Gasteiger partial charge in [0, 0.05) is 35.5 Å². The zero-order valence-electron chi connectivity index (χ0n) is 16.4. The number of benzodiazepines with no additional fused rings is 1. The number of likely N-dealkylation sites (N-methyl/N-ethyl adjacent to an activating group) is 1. The Hall–Kier alpha value is -2.85. The lowest BCUT2D eigenvalue weighted by Crippen LogP contribution is -2.20. The fourth-order valence-electron chi connectivity index (χ4n) is 3.36. The van der Waals surface area contributed by atoms with E-state index in [1.807, 2.05) is 30.9 Å². The highest BCUT2D eigenvalue weighted by Crippen LogP contribution is 2.28. The maximum atomic E-state index is 13.8. The third-order valence-corrected chi connectivity index (χ3v) is 6.10. The van der Waals surface area contributed by atoms with Crippen molar-refractivity contribution in [1.29, 1.82) is 0 Å². The Bertz CT molecular complexity index is 1040. The first kappa shape index (κ1) is 19.5. The second-order valence-corrected chi connectivity index (χ2v) is 8.01. The lowest BCUT2D eigenvalue weighted by molar-refractivity contribution is 0.627. The first-order chi connectivity index (χ1) is 14.2. The Balaban J connectivity index is 1.58. The smallest absolute Gasteiger partial charge is 0.125 e. The van der Waals surface area contributed by atoms with Crippen LogP contribution in [-0.2, 0) is 5.75 Å². The van der Waals surface area contributed by atoms with E-state index in [4.69, 9.17) is 4.99 Å². The summed E-state index contributed by atoms with van der Waals surface area (Å²) in [6.07, 6.45) is 4.17. The number of aliphatic imine (C=N–C) groups is 1. The van der Waals surface area contributed by atoms with Crippen molar-refractivity contribution in [2.24, 2.45) is 4.99 Å². The van der Waals surface area contributed by atoms with Gasteiger partial charge in [0.1, 0.15) is 5.82 Å². The van der Waals surface area contributed by atoms with E-state index >= 15 is 0 Å². The Kier molecular flexibility index (Phi) is 6.11. The molecule has 0 N–H and O–H groups in total. The van der Waals surface area contributed by atoms with Gasteiger partial charge in [-0.15, -0.1) is 11.8 Å². The molecule has 2 nitrogen and oxygen atoms in total. The lowest BCUT2D eigenvalue weighted by Gasteiger charge is -2.18. The van der Waals surface area contributed by atoms with Gasteiger partial charge in [-0.2, -0.15) is 0 Å². The highest BCUT2D eigenvalue weighted by atomic mass is 32.2. The number of nitrogens with zero attached hydrogens (tertiary/aromatic N) is 2. The van der Waals surface area contributed by atoms with Crippen molar-refractivity contribution in [3.63, 3.8) is 0 Å². The Morgan fingerprint density at radius 2 is 1.79 bits per heavy atom. The monoisotopic (exact) mass is 402 g/mol. The summed E-state index contributed by atoms with van der Waals surface area (Å²) in [5, 5.41) is 0. The normalized spacial score (nSPS) is 13.9. The van der Waals surface area contributed by atoms with Gasteiger partial charge in [-0.25, -0.2) is 4.39 Å². The van der Waals surface area contributed by atoms with Gasteiger partial charge in [-0.1, -0.05) is 54.6 Å². The summed E-state index contributed by atoms with van der Waals surface area (Å²) in [6, 6.07) is 23.8. The number of halogens is 1. The molecule has 0 unspecified atom stereocenters. The molecule has 3 aromatic carbocycles. The molecule has 1 heterocycles. The van der Waals surface area contributed by atoms with Crippen LogP contribution in [0.15, 0.2) is 88.8 Å². The maximum absolute atomic E-state index is 13.8. The van der Waals surface area contributed by atoms with E-state index in [9.17, 15) is 4.39 Å². The number of benzene rings is 3. The van der Waals surface area contributed by atoms with Crippen LogP contribution in [0.4, 0.5) is 10.1 Å². The molecule has 4 rings (SSSR count). The highest BCUT2D eigenvalue weighted by molar-refractivity contribution is 7.98. The largest absolute Gasteiger partial charge is 0.372 e. The van der Waals surface area contributed by atoms with Crippen LogP contribution in [0.2, 0.25) is 0 Å². The predicted octanol–water partition coefficient (Wildman–Crippen LogP) is 6.07. The minimum Gasteiger partial charge on any atom is -0.372 e. The minimum atomic E-state index is -0.219. The van der Waals surface area contributed by atoms with Crippen molar-refractivity contribution >= 4 is 29.2 Å². The molecule has 0 radical (unpaired) electrons. The van der Waals surface area contributed by atoms with Gasteiger partial charge in [-0.3, -0.25) is 4.99 Å². The van der Waals surface area contributed by atoms with Crippen molar-refractivity contribution in [3.05, 3.63) is 101 Å². The van der Waals surface area contributed by atoms with Crippen LogP contribution in [0, 0.1) is 5.82 Å². The number of hydrogen-bond acceptors (Lipinski definition) is 3. The Morgan fingerprint density at radius 1 is 1.00 bits per heavy atom. The molecule has 4 heteroatoms. The highest BCUT2D eigenvalue weighted by Gasteiger charge is 2.15.